The highest BCUT2D eigenvalue weighted by Crippen LogP contribution is 2.17. The van der Waals surface area contributed by atoms with Gasteiger partial charge < -0.3 is 24.7 Å². The maximum Gasteiger partial charge on any atom is 0.196 e. The Morgan fingerprint density at radius 1 is 1.10 bits per heavy atom. The zero-order valence-corrected chi connectivity index (χ0v) is 18.3. The van der Waals surface area contributed by atoms with Gasteiger partial charge in [0.15, 0.2) is 5.96 Å². The van der Waals surface area contributed by atoms with Crippen LogP contribution in [0.5, 0.6) is 5.75 Å². The molecule has 7 heteroatoms. The highest BCUT2D eigenvalue weighted by atomic mass is 16.5. The molecule has 31 heavy (non-hydrogen) atoms. The summed E-state index contributed by atoms with van der Waals surface area (Å²) in [7, 11) is 1.69. The first-order chi connectivity index (χ1) is 15.3. The largest absolute Gasteiger partial charge is 0.493 e. The van der Waals surface area contributed by atoms with Gasteiger partial charge in [0.1, 0.15) is 18.1 Å². The van der Waals surface area contributed by atoms with Gasteiger partial charge in [-0.05, 0) is 24.6 Å². The van der Waals surface area contributed by atoms with Crippen molar-refractivity contribution in [3.8, 4) is 5.75 Å². The highest BCUT2D eigenvalue weighted by Gasteiger charge is 2.05. The lowest BCUT2D eigenvalue weighted by molar-refractivity contribution is 0.172. The molecular weight excluding hydrogens is 390 g/mol. The first kappa shape index (κ1) is 22.4. The number of ether oxygens (including phenoxy) is 2. The second kappa shape index (κ2) is 12.4. The number of imidazole rings is 1. The predicted octanol–water partition coefficient (Wildman–Crippen LogP) is 3.92. The van der Waals surface area contributed by atoms with E-state index in [1.807, 2.05) is 61.8 Å². The maximum absolute atomic E-state index is 5.79. The third-order valence-electron chi connectivity index (χ3n) is 4.58. The molecule has 0 radical (unpaired) electrons. The quantitative estimate of drug-likeness (QED) is 0.279. The van der Waals surface area contributed by atoms with Crippen molar-refractivity contribution in [3.63, 3.8) is 0 Å². The Morgan fingerprint density at radius 3 is 2.77 bits per heavy atom. The van der Waals surface area contributed by atoms with Gasteiger partial charge in [-0.3, -0.25) is 0 Å². The van der Waals surface area contributed by atoms with Gasteiger partial charge in [-0.1, -0.05) is 36.4 Å². The Morgan fingerprint density at radius 2 is 1.97 bits per heavy atom. The van der Waals surface area contributed by atoms with Gasteiger partial charge in [-0.15, -0.1) is 0 Å². The van der Waals surface area contributed by atoms with Gasteiger partial charge in [0, 0.05) is 57.4 Å². The van der Waals surface area contributed by atoms with Crippen molar-refractivity contribution in [2.75, 3.05) is 32.2 Å². The minimum absolute atomic E-state index is 0.475. The third-order valence-corrected chi connectivity index (χ3v) is 4.58. The predicted molar refractivity (Wildman–Crippen MR) is 125 cm³/mol. The Labute approximate surface area is 184 Å². The minimum atomic E-state index is 0.475. The van der Waals surface area contributed by atoms with Crippen LogP contribution < -0.4 is 15.4 Å². The summed E-state index contributed by atoms with van der Waals surface area (Å²) in [6.45, 7) is 5.37. The minimum Gasteiger partial charge on any atom is -0.493 e. The number of methoxy groups -OCH3 is 1. The fourth-order valence-corrected chi connectivity index (χ4v) is 3.07. The molecule has 164 valence electrons. The molecule has 0 aliphatic carbocycles. The van der Waals surface area contributed by atoms with E-state index in [2.05, 4.69) is 32.3 Å². The van der Waals surface area contributed by atoms with Crippen molar-refractivity contribution in [3.05, 3.63) is 78.4 Å². The molecule has 2 N–H and O–H groups in total. The number of guanidine groups is 1. The number of hydrogen-bond donors (Lipinski definition) is 2. The summed E-state index contributed by atoms with van der Waals surface area (Å²) < 4.78 is 13.0. The van der Waals surface area contributed by atoms with E-state index in [9.17, 15) is 0 Å². The van der Waals surface area contributed by atoms with Crippen molar-refractivity contribution in [1.29, 1.82) is 0 Å². The summed E-state index contributed by atoms with van der Waals surface area (Å²) in [5.41, 5.74) is 2.15. The summed E-state index contributed by atoms with van der Waals surface area (Å²) in [6, 6.07) is 18.2. The molecule has 0 unspecified atom stereocenters. The van der Waals surface area contributed by atoms with E-state index in [0.29, 0.717) is 25.7 Å². The zero-order chi connectivity index (χ0) is 21.7. The number of hydrogen-bond acceptors (Lipinski definition) is 4. The smallest absolute Gasteiger partial charge is 0.196 e. The average Bonchev–Trinajstić information content (AvgIpc) is 3.23. The van der Waals surface area contributed by atoms with Gasteiger partial charge >= 0.3 is 0 Å². The normalized spacial score (nSPS) is 11.4. The van der Waals surface area contributed by atoms with Gasteiger partial charge in [0.05, 0.1) is 6.61 Å². The molecule has 2 aromatic carbocycles. The lowest BCUT2D eigenvalue weighted by Gasteiger charge is -2.13. The van der Waals surface area contributed by atoms with Gasteiger partial charge in [0.2, 0.25) is 0 Å². The molecule has 0 spiro atoms. The number of nitrogens with zero attached hydrogens (tertiary/aromatic N) is 3. The molecule has 0 aliphatic heterocycles. The van der Waals surface area contributed by atoms with Crippen LogP contribution in [0, 0.1) is 0 Å². The van der Waals surface area contributed by atoms with E-state index in [-0.39, 0.29) is 0 Å². The molecule has 7 nitrogen and oxygen atoms in total. The number of anilines is 1. The van der Waals surface area contributed by atoms with E-state index in [1.54, 1.807) is 7.11 Å². The second-order valence-corrected chi connectivity index (χ2v) is 7.00. The Kier molecular flexibility index (Phi) is 8.94. The number of benzene rings is 2. The molecule has 3 rings (SSSR count). The first-order valence-corrected chi connectivity index (χ1v) is 10.6. The summed E-state index contributed by atoms with van der Waals surface area (Å²) in [6.07, 6.45) is 4.66. The number of nitrogens with one attached hydrogen (secondary N) is 2. The molecule has 0 atom stereocenters. The standard InChI is InChI=1S/C24H31N5O2/c1-3-25-24(28-21-11-7-12-22(17-21)31-16-8-15-30-2)27-18-23-26-13-14-29(23)19-20-9-5-4-6-10-20/h4-7,9-14,17H,3,8,15-16,18-19H2,1-2H3,(H2,25,27,28). The van der Waals surface area contributed by atoms with Gasteiger partial charge in [-0.2, -0.15) is 0 Å². The Hall–Kier alpha value is -3.32. The lowest BCUT2D eigenvalue weighted by atomic mass is 10.2. The second-order valence-electron chi connectivity index (χ2n) is 7.00. The molecule has 3 aromatic rings. The molecular formula is C24H31N5O2. The zero-order valence-electron chi connectivity index (χ0n) is 18.3. The highest BCUT2D eigenvalue weighted by molar-refractivity contribution is 5.93. The molecule has 1 aromatic heterocycles. The van der Waals surface area contributed by atoms with Crippen molar-refractivity contribution in [1.82, 2.24) is 14.9 Å². The van der Waals surface area contributed by atoms with Crippen LogP contribution in [0.4, 0.5) is 5.69 Å². The number of rotatable bonds is 11. The average molecular weight is 422 g/mol. The van der Waals surface area contributed by atoms with Crippen LogP contribution in [0.25, 0.3) is 0 Å². The molecule has 1 heterocycles. The van der Waals surface area contributed by atoms with Crippen molar-refractivity contribution in [2.24, 2.45) is 4.99 Å². The molecule has 0 amide bonds. The maximum atomic E-state index is 5.79. The van der Waals surface area contributed by atoms with Crippen molar-refractivity contribution in [2.45, 2.75) is 26.4 Å². The molecule has 0 bridgehead atoms. The van der Waals surface area contributed by atoms with Crippen LogP contribution in [-0.4, -0.2) is 42.4 Å². The van der Waals surface area contributed by atoms with Crippen LogP contribution in [0.1, 0.15) is 24.7 Å². The number of aromatic nitrogens is 2. The summed E-state index contributed by atoms with van der Waals surface area (Å²) in [5, 5.41) is 6.64. The van der Waals surface area contributed by atoms with E-state index in [0.717, 1.165) is 36.8 Å². The van der Waals surface area contributed by atoms with E-state index in [1.165, 1.54) is 5.56 Å². The molecule has 0 fully saturated rings. The Bertz CT molecular complexity index is 940. The van der Waals surface area contributed by atoms with Crippen molar-refractivity contribution >= 4 is 11.6 Å². The number of aliphatic imine (C=N–C) groups is 1. The Balaban J connectivity index is 1.63. The summed E-state index contributed by atoms with van der Waals surface area (Å²) >= 11 is 0. The van der Waals surface area contributed by atoms with Gasteiger partial charge in [-0.25, -0.2) is 9.98 Å². The van der Waals surface area contributed by atoms with E-state index in [4.69, 9.17) is 14.5 Å². The van der Waals surface area contributed by atoms with Gasteiger partial charge in [0.25, 0.3) is 0 Å². The van der Waals surface area contributed by atoms with Crippen LogP contribution in [-0.2, 0) is 17.8 Å². The van der Waals surface area contributed by atoms with E-state index >= 15 is 0 Å². The van der Waals surface area contributed by atoms with E-state index < -0.39 is 0 Å². The monoisotopic (exact) mass is 421 g/mol. The molecule has 0 saturated carbocycles. The van der Waals surface area contributed by atoms with Crippen LogP contribution in [0.3, 0.4) is 0 Å². The summed E-state index contributed by atoms with van der Waals surface area (Å²) in [5.74, 6) is 2.43. The topological polar surface area (TPSA) is 72.7 Å². The van der Waals surface area contributed by atoms with Crippen LogP contribution in [0.15, 0.2) is 72.0 Å². The SMILES string of the molecule is CCNC(=NCc1nccn1Cc1ccccc1)Nc1cccc(OCCCOC)c1. The lowest BCUT2D eigenvalue weighted by Crippen LogP contribution is -2.30. The summed E-state index contributed by atoms with van der Waals surface area (Å²) in [4.78, 5) is 9.21. The fraction of sp³-hybridized carbons (Fsp3) is 0.333. The molecule has 0 aliphatic rings. The van der Waals surface area contributed by atoms with Crippen LogP contribution in [0.2, 0.25) is 0 Å². The fourth-order valence-electron chi connectivity index (χ4n) is 3.07. The third kappa shape index (κ3) is 7.46. The first-order valence-electron chi connectivity index (χ1n) is 10.6. The molecule has 0 saturated heterocycles. The van der Waals surface area contributed by atoms with Crippen molar-refractivity contribution < 1.29 is 9.47 Å². The van der Waals surface area contributed by atoms with Crippen LogP contribution >= 0.6 is 0 Å².